The summed E-state index contributed by atoms with van der Waals surface area (Å²) in [7, 11) is 4.06. The Kier molecular flexibility index (Phi) is 3.52. The lowest BCUT2D eigenvalue weighted by Gasteiger charge is -2.35. The highest BCUT2D eigenvalue weighted by Crippen LogP contribution is 2.25. The molecule has 0 atom stereocenters. The van der Waals surface area contributed by atoms with E-state index >= 15 is 0 Å². The lowest BCUT2D eigenvalue weighted by molar-refractivity contribution is 0.311. The maximum absolute atomic E-state index is 4.70. The van der Waals surface area contributed by atoms with Crippen molar-refractivity contribution in [1.82, 2.24) is 20.2 Å². The molecular weight excluding hydrogens is 240 g/mol. The summed E-state index contributed by atoms with van der Waals surface area (Å²) in [5, 5.41) is 6.51. The van der Waals surface area contributed by atoms with Crippen molar-refractivity contribution in [1.29, 1.82) is 0 Å². The largest absolute Gasteiger partial charge is 0.357 e. The first-order valence-corrected chi connectivity index (χ1v) is 6.99. The highest BCUT2D eigenvalue weighted by atomic mass is 15.3. The van der Waals surface area contributed by atoms with Crippen molar-refractivity contribution in [2.24, 2.45) is 0 Å². The fourth-order valence-electron chi connectivity index (χ4n) is 2.72. The summed E-state index contributed by atoms with van der Waals surface area (Å²) in [6.45, 7) is 6.19. The molecule has 19 heavy (non-hydrogen) atoms. The van der Waals surface area contributed by atoms with Crippen LogP contribution in [-0.2, 0) is 13.0 Å². The van der Waals surface area contributed by atoms with Gasteiger partial charge in [0.1, 0.15) is 5.82 Å². The molecule has 0 saturated carbocycles. The highest BCUT2D eigenvalue weighted by molar-refractivity contribution is 5.53. The summed E-state index contributed by atoms with van der Waals surface area (Å²) in [4.78, 5) is 14.1. The number of rotatable bonds is 2. The van der Waals surface area contributed by atoms with Gasteiger partial charge < -0.3 is 20.4 Å². The second kappa shape index (κ2) is 5.30. The predicted octanol–water partition coefficient (Wildman–Crippen LogP) is -0.0842. The van der Waals surface area contributed by atoms with Crippen molar-refractivity contribution in [2.75, 3.05) is 57.0 Å². The van der Waals surface area contributed by atoms with Crippen LogP contribution in [0.2, 0.25) is 0 Å². The molecule has 1 aromatic rings. The number of hydrogen-bond donors (Lipinski definition) is 2. The minimum Gasteiger partial charge on any atom is -0.357 e. The standard InChI is InChI=1S/C13H22N6/c1-14-13-16-11-3-4-15-9-10(11)12(17-13)19-7-5-18(2)6-8-19/h15H,3-9H2,1-2H3,(H,14,16,17). The average Bonchev–Trinajstić information content (AvgIpc) is 2.47. The molecule has 6 nitrogen and oxygen atoms in total. The highest BCUT2D eigenvalue weighted by Gasteiger charge is 2.23. The fourth-order valence-corrected chi connectivity index (χ4v) is 2.72. The Balaban J connectivity index is 1.94. The van der Waals surface area contributed by atoms with E-state index in [1.165, 1.54) is 11.3 Å². The summed E-state index contributed by atoms with van der Waals surface area (Å²) in [6, 6.07) is 0. The molecule has 1 saturated heterocycles. The van der Waals surface area contributed by atoms with Crippen molar-refractivity contribution >= 4 is 11.8 Å². The summed E-state index contributed by atoms with van der Waals surface area (Å²) in [5.41, 5.74) is 2.49. The fraction of sp³-hybridized carbons (Fsp3) is 0.692. The van der Waals surface area contributed by atoms with Gasteiger partial charge in [0.25, 0.3) is 0 Å². The third-order valence-electron chi connectivity index (χ3n) is 3.94. The molecule has 104 valence electrons. The van der Waals surface area contributed by atoms with E-state index in [4.69, 9.17) is 4.98 Å². The monoisotopic (exact) mass is 262 g/mol. The Morgan fingerprint density at radius 3 is 2.68 bits per heavy atom. The zero-order valence-electron chi connectivity index (χ0n) is 11.7. The van der Waals surface area contributed by atoms with Crippen molar-refractivity contribution < 1.29 is 0 Å². The number of aromatic nitrogens is 2. The van der Waals surface area contributed by atoms with Crippen LogP contribution in [0.4, 0.5) is 11.8 Å². The zero-order chi connectivity index (χ0) is 13.2. The van der Waals surface area contributed by atoms with Crippen LogP contribution in [0.5, 0.6) is 0 Å². The van der Waals surface area contributed by atoms with Gasteiger partial charge in [0.2, 0.25) is 5.95 Å². The molecule has 1 fully saturated rings. The molecule has 2 aliphatic rings. The lowest BCUT2D eigenvalue weighted by atomic mass is 10.1. The summed E-state index contributed by atoms with van der Waals surface area (Å²) in [5.74, 6) is 1.87. The molecule has 6 heteroatoms. The summed E-state index contributed by atoms with van der Waals surface area (Å²) in [6.07, 6.45) is 0.993. The van der Waals surface area contributed by atoms with E-state index in [1.54, 1.807) is 0 Å². The number of likely N-dealkylation sites (N-methyl/N-ethyl adjacent to an activating group) is 1. The zero-order valence-corrected chi connectivity index (χ0v) is 11.7. The van der Waals surface area contributed by atoms with Gasteiger partial charge in [-0.3, -0.25) is 0 Å². The van der Waals surface area contributed by atoms with Gasteiger partial charge in [-0.2, -0.15) is 4.98 Å². The predicted molar refractivity (Wildman–Crippen MR) is 76.7 cm³/mol. The smallest absolute Gasteiger partial charge is 0.224 e. The second-order valence-electron chi connectivity index (χ2n) is 5.26. The first-order valence-electron chi connectivity index (χ1n) is 6.99. The Morgan fingerprint density at radius 2 is 1.95 bits per heavy atom. The Bertz CT molecular complexity index is 453. The Morgan fingerprint density at radius 1 is 1.16 bits per heavy atom. The summed E-state index contributed by atoms with van der Waals surface area (Å²) < 4.78 is 0. The molecule has 0 spiro atoms. The third kappa shape index (κ3) is 2.50. The number of hydrogen-bond acceptors (Lipinski definition) is 6. The third-order valence-corrected chi connectivity index (χ3v) is 3.94. The van der Waals surface area contributed by atoms with E-state index in [9.17, 15) is 0 Å². The molecule has 0 amide bonds. The van der Waals surface area contributed by atoms with E-state index in [0.29, 0.717) is 0 Å². The van der Waals surface area contributed by atoms with Gasteiger partial charge in [-0.05, 0) is 7.05 Å². The van der Waals surface area contributed by atoms with Gasteiger partial charge in [-0.25, -0.2) is 4.98 Å². The maximum Gasteiger partial charge on any atom is 0.224 e. The van der Waals surface area contributed by atoms with E-state index in [1.807, 2.05) is 7.05 Å². The van der Waals surface area contributed by atoms with Gasteiger partial charge in [0, 0.05) is 58.3 Å². The van der Waals surface area contributed by atoms with E-state index in [0.717, 1.165) is 57.5 Å². The molecule has 0 unspecified atom stereocenters. The Hall–Kier alpha value is -1.40. The quantitative estimate of drug-likeness (QED) is 0.777. The van der Waals surface area contributed by atoms with Crippen LogP contribution in [0, 0.1) is 0 Å². The van der Waals surface area contributed by atoms with Crippen molar-refractivity contribution in [3.63, 3.8) is 0 Å². The van der Waals surface area contributed by atoms with Crippen LogP contribution < -0.4 is 15.5 Å². The molecule has 0 bridgehead atoms. The van der Waals surface area contributed by atoms with Crippen LogP contribution in [0.3, 0.4) is 0 Å². The molecule has 2 N–H and O–H groups in total. The molecule has 1 aromatic heterocycles. The second-order valence-corrected chi connectivity index (χ2v) is 5.26. The molecular formula is C13H22N6. The first-order chi connectivity index (χ1) is 9.28. The number of anilines is 2. The maximum atomic E-state index is 4.70. The number of nitrogens with zero attached hydrogens (tertiary/aromatic N) is 4. The van der Waals surface area contributed by atoms with Crippen molar-refractivity contribution in [3.8, 4) is 0 Å². The summed E-state index contributed by atoms with van der Waals surface area (Å²) >= 11 is 0. The van der Waals surface area contributed by atoms with E-state index < -0.39 is 0 Å². The molecule has 0 aromatic carbocycles. The van der Waals surface area contributed by atoms with Crippen LogP contribution in [0.1, 0.15) is 11.3 Å². The van der Waals surface area contributed by atoms with Crippen LogP contribution in [0.15, 0.2) is 0 Å². The number of nitrogens with one attached hydrogen (secondary N) is 2. The van der Waals surface area contributed by atoms with Gasteiger partial charge in [-0.15, -0.1) is 0 Å². The van der Waals surface area contributed by atoms with Gasteiger partial charge in [-0.1, -0.05) is 0 Å². The van der Waals surface area contributed by atoms with Crippen LogP contribution in [-0.4, -0.2) is 61.7 Å². The van der Waals surface area contributed by atoms with Crippen LogP contribution in [0.25, 0.3) is 0 Å². The number of fused-ring (bicyclic) bond motifs is 1. The average molecular weight is 262 g/mol. The van der Waals surface area contributed by atoms with E-state index in [-0.39, 0.29) is 0 Å². The molecule has 3 heterocycles. The van der Waals surface area contributed by atoms with Gasteiger partial charge in [0.15, 0.2) is 0 Å². The SMILES string of the molecule is CNc1nc2c(c(N3CCN(C)CC3)n1)CNCC2. The van der Waals surface area contributed by atoms with Gasteiger partial charge >= 0.3 is 0 Å². The number of piperazine rings is 1. The Labute approximate surface area is 114 Å². The molecule has 0 aliphatic carbocycles. The normalized spacial score (nSPS) is 20.2. The lowest BCUT2D eigenvalue weighted by Crippen LogP contribution is -2.45. The molecule has 3 rings (SSSR count). The topological polar surface area (TPSA) is 56.3 Å². The van der Waals surface area contributed by atoms with E-state index in [2.05, 4.69) is 32.5 Å². The van der Waals surface area contributed by atoms with Gasteiger partial charge in [0.05, 0.1) is 5.69 Å². The molecule has 0 radical (unpaired) electrons. The molecule has 2 aliphatic heterocycles. The van der Waals surface area contributed by atoms with Crippen molar-refractivity contribution in [2.45, 2.75) is 13.0 Å². The minimum absolute atomic E-state index is 0.745. The first kappa shape index (κ1) is 12.6. The van der Waals surface area contributed by atoms with Crippen molar-refractivity contribution in [3.05, 3.63) is 11.3 Å². The minimum atomic E-state index is 0.745. The van der Waals surface area contributed by atoms with Crippen LogP contribution >= 0.6 is 0 Å².